The van der Waals surface area contributed by atoms with Crippen molar-refractivity contribution in [1.82, 2.24) is 4.98 Å². The molecule has 0 aliphatic heterocycles. The predicted molar refractivity (Wildman–Crippen MR) is 49.5 cm³/mol. The number of nitrogens with one attached hydrogen (secondary N) is 1. The molecule has 13 heavy (non-hydrogen) atoms. The molecule has 1 heterocycles. The molecule has 0 saturated carbocycles. The Morgan fingerprint density at radius 2 is 2.23 bits per heavy atom. The first-order chi connectivity index (χ1) is 6.07. The van der Waals surface area contributed by atoms with Gasteiger partial charge in [0.1, 0.15) is 11.6 Å². The summed E-state index contributed by atoms with van der Waals surface area (Å²) in [4.78, 5) is 13.6. The molecule has 1 aromatic heterocycles. The van der Waals surface area contributed by atoms with Gasteiger partial charge in [0, 0.05) is 6.20 Å². The lowest BCUT2D eigenvalue weighted by Gasteiger charge is -1.99. The Morgan fingerprint density at radius 3 is 2.69 bits per heavy atom. The van der Waals surface area contributed by atoms with Gasteiger partial charge in [0.15, 0.2) is 0 Å². The topological polar surface area (TPSA) is 56.6 Å². The van der Waals surface area contributed by atoms with Crippen LogP contribution in [0.15, 0.2) is 11.0 Å². The van der Waals surface area contributed by atoms with Crippen molar-refractivity contribution in [2.24, 2.45) is 0 Å². The molecular formula is C7H3F2IN2O. The first kappa shape index (κ1) is 10.1. The van der Waals surface area contributed by atoms with E-state index in [0.29, 0.717) is 0 Å². The number of H-pyrrole nitrogens is 1. The number of aromatic amines is 1. The maximum Gasteiger partial charge on any atom is 0.269 e. The monoisotopic (exact) mass is 296 g/mol. The van der Waals surface area contributed by atoms with Gasteiger partial charge in [-0.2, -0.15) is 5.26 Å². The Labute approximate surface area is 85.5 Å². The molecule has 0 radical (unpaired) electrons. The van der Waals surface area contributed by atoms with E-state index < -0.39 is 17.4 Å². The third-order valence-electron chi connectivity index (χ3n) is 1.41. The van der Waals surface area contributed by atoms with Gasteiger partial charge in [-0.3, -0.25) is 4.79 Å². The maximum atomic E-state index is 12.1. The van der Waals surface area contributed by atoms with Gasteiger partial charge in [0.05, 0.1) is 9.26 Å². The summed E-state index contributed by atoms with van der Waals surface area (Å²) < 4.78 is 24.6. The van der Waals surface area contributed by atoms with Gasteiger partial charge in [0.25, 0.3) is 6.43 Å². The fourth-order valence-corrected chi connectivity index (χ4v) is 1.31. The first-order valence-electron chi connectivity index (χ1n) is 3.17. The molecule has 0 fully saturated rings. The molecule has 3 nitrogen and oxygen atoms in total. The van der Waals surface area contributed by atoms with Crippen LogP contribution in [-0.4, -0.2) is 4.98 Å². The largest absolute Gasteiger partial charge is 0.355 e. The molecular weight excluding hydrogens is 293 g/mol. The number of pyridine rings is 1. The normalized spacial score (nSPS) is 10.1. The zero-order valence-electron chi connectivity index (χ0n) is 6.14. The van der Waals surface area contributed by atoms with Crippen molar-refractivity contribution in [2.45, 2.75) is 6.43 Å². The zero-order valence-corrected chi connectivity index (χ0v) is 8.30. The second-order valence-electron chi connectivity index (χ2n) is 2.17. The molecule has 0 bridgehead atoms. The van der Waals surface area contributed by atoms with Crippen LogP contribution in [0.4, 0.5) is 8.78 Å². The number of hydrogen-bond donors (Lipinski definition) is 1. The van der Waals surface area contributed by atoms with Crippen molar-refractivity contribution in [3.05, 3.63) is 31.2 Å². The highest BCUT2D eigenvalue weighted by atomic mass is 127. The van der Waals surface area contributed by atoms with Crippen molar-refractivity contribution in [1.29, 1.82) is 5.26 Å². The number of alkyl halides is 2. The van der Waals surface area contributed by atoms with Gasteiger partial charge in [-0.25, -0.2) is 8.78 Å². The number of nitrogens with zero attached hydrogens (tertiary/aromatic N) is 1. The molecule has 0 aliphatic carbocycles. The number of rotatable bonds is 1. The summed E-state index contributed by atoms with van der Waals surface area (Å²) >= 11 is 1.70. The van der Waals surface area contributed by atoms with Crippen LogP contribution in [0.1, 0.15) is 17.6 Å². The number of halogens is 3. The van der Waals surface area contributed by atoms with Gasteiger partial charge in [0.2, 0.25) is 5.43 Å². The van der Waals surface area contributed by atoms with Crippen molar-refractivity contribution in [3.63, 3.8) is 0 Å². The average Bonchev–Trinajstić information content (AvgIpc) is 2.04. The molecule has 0 aromatic carbocycles. The molecule has 6 heteroatoms. The molecule has 68 valence electrons. The van der Waals surface area contributed by atoms with E-state index in [-0.39, 0.29) is 9.26 Å². The minimum absolute atomic E-state index is 0.265. The van der Waals surface area contributed by atoms with Crippen LogP contribution < -0.4 is 5.43 Å². The Hall–Kier alpha value is -0.970. The van der Waals surface area contributed by atoms with Crippen molar-refractivity contribution < 1.29 is 8.78 Å². The summed E-state index contributed by atoms with van der Waals surface area (Å²) in [7, 11) is 0. The van der Waals surface area contributed by atoms with Gasteiger partial charge < -0.3 is 4.98 Å². The minimum Gasteiger partial charge on any atom is -0.355 e. The fraction of sp³-hybridized carbons (Fsp3) is 0.143. The Bertz CT molecular complexity index is 421. The number of aromatic nitrogens is 1. The van der Waals surface area contributed by atoms with Gasteiger partial charge >= 0.3 is 0 Å². The Morgan fingerprint density at radius 1 is 1.62 bits per heavy atom. The Balaban J connectivity index is 3.48. The highest BCUT2D eigenvalue weighted by Crippen LogP contribution is 2.15. The molecule has 0 unspecified atom stereocenters. The molecule has 0 aliphatic rings. The maximum absolute atomic E-state index is 12.1. The lowest BCUT2D eigenvalue weighted by Crippen LogP contribution is -2.15. The summed E-state index contributed by atoms with van der Waals surface area (Å²) in [6.07, 6.45) is -1.93. The third-order valence-corrected chi connectivity index (χ3v) is 2.26. The molecule has 1 aromatic rings. The van der Waals surface area contributed by atoms with Crippen LogP contribution in [0.5, 0.6) is 0 Å². The third kappa shape index (κ3) is 1.85. The molecule has 0 amide bonds. The van der Waals surface area contributed by atoms with Crippen LogP contribution in [0.3, 0.4) is 0 Å². The smallest absolute Gasteiger partial charge is 0.269 e. The van der Waals surface area contributed by atoms with Gasteiger partial charge in [-0.05, 0) is 22.6 Å². The predicted octanol–water partition coefficient (Wildman–Crippen LogP) is 1.79. The van der Waals surface area contributed by atoms with Crippen molar-refractivity contribution in [3.8, 4) is 6.07 Å². The molecule has 0 atom stereocenters. The molecule has 0 saturated heterocycles. The quantitative estimate of drug-likeness (QED) is 0.634. The van der Waals surface area contributed by atoms with Crippen molar-refractivity contribution in [2.75, 3.05) is 0 Å². The van der Waals surface area contributed by atoms with Crippen LogP contribution in [0.2, 0.25) is 0 Å². The highest BCUT2D eigenvalue weighted by molar-refractivity contribution is 14.1. The van der Waals surface area contributed by atoms with Crippen LogP contribution in [0.25, 0.3) is 0 Å². The lowest BCUT2D eigenvalue weighted by molar-refractivity contribution is 0.149. The number of nitriles is 1. The van der Waals surface area contributed by atoms with Gasteiger partial charge in [-0.1, -0.05) is 0 Å². The second-order valence-corrected chi connectivity index (χ2v) is 3.25. The first-order valence-corrected chi connectivity index (χ1v) is 4.25. The van der Waals surface area contributed by atoms with E-state index >= 15 is 0 Å². The van der Waals surface area contributed by atoms with E-state index in [1.165, 1.54) is 0 Å². The molecule has 0 spiro atoms. The molecule has 1 N–H and O–H groups in total. The second kappa shape index (κ2) is 3.83. The summed E-state index contributed by atoms with van der Waals surface area (Å²) in [5.74, 6) is 0. The van der Waals surface area contributed by atoms with Crippen molar-refractivity contribution >= 4 is 22.6 Å². The standard InChI is InChI=1S/C7H3F2IN2O/c8-6(9)4-2-12-7(10)3(1-11)5(4)13/h2,6H,(H,12,13). The van der Waals surface area contributed by atoms with E-state index in [1.807, 2.05) is 0 Å². The fourth-order valence-electron chi connectivity index (χ4n) is 0.785. The van der Waals surface area contributed by atoms with Gasteiger partial charge in [-0.15, -0.1) is 0 Å². The molecule has 1 rings (SSSR count). The van der Waals surface area contributed by atoms with E-state index in [9.17, 15) is 13.6 Å². The summed E-state index contributed by atoms with van der Waals surface area (Å²) in [6, 6.07) is 1.57. The summed E-state index contributed by atoms with van der Waals surface area (Å²) in [5.41, 5.74) is -1.84. The van der Waals surface area contributed by atoms with E-state index in [1.54, 1.807) is 28.7 Å². The highest BCUT2D eigenvalue weighted by Gasteiger charge is 2.16. The van der Waals surface area contributed by atoms with Crippen LogP contribution in [0, 0.1) is 15.0 Å². The number of hydrogen-bond acceptors (Lipinski definition) is 2. The summed E-state index contributed by atoms with van der Waals surface area (Å²) in [6.45, 7) is 0. The lowest BCUT2D eigenvalue weighted by atomic mass is 10.2. The van der Waals surface area contributed by atoms with E-state index in [2.05, 4.69) is 4.98 Å². The van der Waals surface area contributed by atoms with E-state index in [4.69, 9.17) is 5.26 Å². The minimum atomic E-state index is -2.85. The average molecular weight is 296 g/mol. The zero-order chi connectivity index (χ0) is 10.0. The van der Waals surface area contributed by atoms with Crippen LogP contribution in [-0.2, 0) is 0 Å². The van der Waals surface area contributed by atoms with E-state index in [0.717, 1.165) is 6.20 Å². The summed E-state index contributed by atoms with van der Waals surface area (Å²) in [5, 5.41) is 8.49. The Kier molecular flexibility index (Phi) is 2.98. The SMILES string of the molecule is N#Cc1c(I)[nH]cc(C(F)F)c1=O. The van der Waals surface area contributed by atoms with Crippen LogP contribution >= 0.6 is 22.6 Å².